The summed E-state index contributed by atoms with van der Waals surface area (Å²) < 4.78 is 7.21. The number of nitrogens with one attached hydrogen (secondary N) is 2. The predicted molar refractivity (Wildman–Crippen MR) is 100 cm³/mol. The summed E-state index contributed by atoms with van der Waals surface area (Å²) in [4.78, 5) is 14.4. The largest absolute Gasteiger partial charge is 0.379 e. The summed E-state index contributed by atoms with van der Waals surface area (Å²) in [6, 6.07) is 7.84. The summed E-state index contributed by atoms with van der Waals surface area (Å²) in [5, 5.41) is 17.7. The van der Waals surface area contributed by atoms with Gasteiger partial charge in [0.15, 0.2) is 5.82 Å². The second-order valence-corrected chi connectivity index (χ2v) is 6.94. The monoisotopic (exact) mass is 371 g/mol. The Balaban J connectivity index is 1.22. The molecule has 1 aliphatic heterocycles. The van der Waals surface area contributed by atoms with Gasteiger partial charge in [0.2, 0.25) is 0 Å². The number of amides is 2. The van der Waals surface area contributed by atoms with E-state index in [0.29, 0.717) is 12.6 Å². The van der Waals surface area contributed by atoms with Crippen LogP contribution in [0, 0.1) is 0 Å². The number of hydrogen-bond acceptors (Lipinski definition) is 6. The molecule has 144 valence electrons. The van der Waals surface area contributed by atoms with Crippen LogP contribution in [0.4, 0.5) is 10.5 Å². The number of hydrogen-bond donors (Lipinski definition) is 2. The maximum atomic E-state index is 12.0. The lowest BCUT2D eigenvalue weighted by Gasteiger charge is -2.26. The molecule has 2 N–H and O–H groups in total. The molecule has 2 amide bonds. The smallest absolute Gasteiger partial charge is 0.319 e. The van der Waals surface area contributed by atoms with Crippen LogP contribution in [0.5, 0.6) is 0 Å². The number of nitrogens with zero attached hydrogens (tertiary/aromatic N) is 5. The van der Waals surface area contributed by atoms with E-state index in [1.165, 1.54) is 0 Å². The molecule has 27 heavy (non-hydrogen) atoms. The summed E-state index contributed by atoms with van der Waals surface area (Å²) in [6.45, 7) is 5.19. The minimum absolute atomic E-state index is 0.187. The molecule has 9 heteroatoms. The van der Waals surface area contributed by atoms with Crippen molar-refractivity contribution in [1.82, 2.24) is 30.4 Å². The normalized spacial score (nSPS) is 17.6. The predicted octanol–water partition coefficient (Wildman–Crippen LogP) is 1.52. The van der Waals surface area contributed by atoms with Crippen LogP contribution in [0.25, 0.3) is 11.4 Å². The molecule has 1 aromatic heterocycles. The Morgan fingerprint density at radius 1 is 1.19 bits per heavy atom. The zero-order valence-corrected chi connectivity index (χ0v) is 15.3. The topological polar surface area (TPSA) is 97.2 Å². The molecule has 0 bridgehead atoms. The van der Waals surface area contributed by atoms with Gasteiger partial charge in [-0.05, 0) is 60.5 Å². The van der Waals surface area contributed by atoms with E-state index in [-0.39, 0.29) is 6.03 Å². The number of urea groups is 1. The van der Waals surface area contributed by atoms with Crippen molar-refractivity contribution in [3.8, 4) is 11.4 Å². The van der Waals surface area contributed by atoms with Gasteiger partial charge in [-0.15, -0.1) is 5.10 Å². The van der Waals surface area contributed by atoms with Crippen molar-refractivity contribution in [2.45, 2.75) is 25.3 Å². The van der Waals surface area contributed by atoms with Crippen molar-refractivity contribution in [3.05, 3.63) is 24.3 Å². The van der Waals surface area contributed by atoms with Gasteiger partial charge < -0.3 is 15.4 Å². The molecule has 2 fully saturated rings. The number of morpholine rings is 1. The van der Waals surface area contributed by atoms with Gasteiger partial charge in [-0.25, -0.2) is 9.48 Å². The first-order valence-electron chi connectivity index (χ1n) is 9.53. The molecule has 0 unspecified atom stereocenters. The third-order valence-electron chi connectivity index (χ3n) is 4.83. The molecule has 1 saturated carbocycles. The molecule has 1 aliphatic carbocycles. The number of rotatable bonds is 7. The van der Waals surface area contributed by atoms with Crippen LogP contribution in [-0.2, 0) is 4.74 Å². The van der Waals surface area contributed by atoms with Crippen molar-refractivity contribution >= 4 is 11.7 Å². The number of aromatic nitrogens is 4. The van der Waals surface area contributed by atoms with Crippen molar-refractivity contribution in [3.63, 3.8) is 0 Å². The minimum atomic E-state index is -0.187. The van der Waals surface area contributed by atoms with Crippen molar-refractivity contribution in [1.29, 1.82) is 0 Å². The zero-order chi connectivity index (χ0) is 18.5. The lowest BCUT2D eigenvalue weighted by Crippen LogP contribution is -2.38. The molecule has 0 radical (unpaired) electrons. The van der Waals surface area contributed by atoms with Crippen LogP contribution in [-0.4, -0.2) is 70.5 Å². The standard InChI is InChI=1S/C18H25N7O2/c26-18(19-8-1-9-24-10-12-27-13-11-24)20-15-4-2-14(3-5-15)17-21-22-23-25(17)16-6-7-16/h2-5,16H,1,6-13H2,(H2,19,20,26). The molecule has 2 aliphatic rings. The Bertz CT molecular complexity index is 751. The van der Waals surface area contributed by atoms with Crippen LogP contribution in [0.3, 0.4) is 0 Å². The number of benzene rings is 1. The van der Waals surface area contributed by atoms with E-state index in [1.807, 2.05) is 28.9 Å². The summed E-state index contributed by atoms with van der Waals surface area (Å²) in [5.74, 6) is 0.775. The Labute approximate surface area is 158 Å². The molecular formula is C18H25N7O2. The third-order valence-corrected chi connectivity index (χ3v) is 4.83. The van der Waals surface area contributed by atoms with Crippen LogP contribution >= 0.6 is 0 Å². The molecule has 0 spiro atoms. The highest BCUT2D eigenvalue weighted by Gasteiger charge is 2.28. The lowest BCUT2D eigenvalue weighted by atomic mass is 10.2. The fourth-order valence-corrected chi connectivity index (χ4v) is 3.16. The number of carbonyl (C=O) groups is 1. The van der Waals surface area contributed by atoms with E-state index < -0.39 is 0 Å². The maximum absolute atomic E-state index is 12.0. The molecule has 1 saturated heterocycles. The molecule has 9 nitrogen and oxygen atoms in total. The fourth-order valence-electron chi connectivity index (χ4n) is 3.16. The highest BCUT2D eigenvalue weighted by molar-refractivity contribution is 5.89. The van der Waals surface area contributed by atoms with Gasteiger partial charge in [0.1, 0.15) is 0 Å². The lowest BCUT2D eigenvalue weighted by molar-refractivity contribution is 0.0375. The molecular weight excluding hydrogens is 346 g/mol. The van der Waals surface area contributed by atoms with Gasteiger partial charge in [-0.2, -0.15) is 0 Å². The molecule has 2 aromatic rings. The Morgan fingerprint density at radius 3 is 2.70 bits per heavy atom. The average Bonchev–Trinajstić information content (AvgIpc) is 3.43. The zero-order valence-electron chi connectivity index (χ0n) is 15.3. The quantitative estimate of drug-likeness (QED) is 0.716. The molecule has 1 aromatic carbocycles. The van der Waals surface area contributed by atoms with Crippen LogP contribution in [0.15, 0.2) is 24.3 Å². The van der Waals surface area contributed by atoms with Gasteiger partial charge in [-0.3, -0.25) is 4.90 Å². The van der Waals surface area contributed by atoms with Crippen molar-refractivity contribution in [2.75, 3.05) is 44.7 Å². The van der Waals surface area contributed by atoms with Crippen molar-refractivity contribution < 1.29 is 9.53 Å². The Kier molecular flexibility index (Phi) is 5.59. The first-order valence-corrected chi connectivity index (χ1v) is 9.53. The molecule has 0 atom stereocenters. The highest BCUT2D eigenvalue weighted by atomic mass is 16.5. The van der Waals surface area contributed by atoms with Gasteiger partial charge in [-0.1, -0.05) is 0 Å². The fraction of sp³-hybridized carbons (Fsp3) is 0.556. The Hall–Kier alpha value is -2.52. The molecule has 2 heterocycles. The highest BCUT2D eigenvalue weighted by Crippen LogP contribution is 2.36. The number of tetrazole rings is 1. The number of carbonyl (C=O) groups excluding carboxylic acids is 1. The third kappa shape index (κ3) is 4.81. The van der Waals surface area contributed by atoms with E-state index in [1.54, 1.807) is 0 Å². The van der Waals surface area contributed by atoms with Crippen molar-refractivity contribution in [2.24, 2.45) is 0 Å². The van der Waals surface area contributed by atoms with E-state index in [0.717, 1.165) is 69.2 Å². The Morgan fingerprint density at radius 2 is 1.96 bits per heavy atom. The average molecular weight is 371 g/mol. The van der Waals surface area contributed by atoms with E-state index in [4.69, 9.17) is 4.74 Å². The van der Waals surface area contributed by atoms with Crippen LogP contribution in [0.1, 0.15) is 25.3 Å². The van der Waals surface area contributed by atoms with Gasteiger partial charge in [0.05, 0.1) is 19.3 Å². The first kappa shape index (κ1) is 17.9. The van der Waals surface area contributed by atoms with Gasteiger partial charge in [0.25, 0.3) is 0 Å². The van der Waals surface area contributed by atoms with Crippen LogP contribution < -0.4 is 10.6 Å². The maximum Gasteiger partial charge on any atom is 0.319 e. The number of anilines is 1. The van der Waals surface area contributed by atoms with E-state index in [9.17, 15) is 4.79 Å². The second kappa shape index (κ2) is 8.45. The summed E-state index contributed by atoms with van der Waals surface area (Å²) in [7, 11) is 0. The number of ether oxygens (including phenoxy) is 1. The van der Waals surface area contributed by atoms with E-state index >= 15 is 0 Å². The van der Waals surface area contributed by atoms with Crippen LogP contribution in [0.2, 0.25) is 0 Å². The first-order chi connectivity index (χ1) is 13.3. The summed E-state index contributed by atoms with van der Waals surface area (Å²) in [5.41, 5.74) is 1.69. The molecule has 4 rings (SSSR count). The SMILES string of the molecule is O=C(NCCCN1CCOCC1)Nc1ccc(-c2nnnn2C2CC2)cc1. The van der Waals surface area contributed by atoms with Gasteiger partial charge >= 0.3 is 6.03 Å². The van der Waals surface area contributed by atoms with Gasteiger partial charge in [0, 0.05) is 30.9 Å². The minimum Gasteiger partial charge on any atom is -0.379 e. The second-order valence-electron chi connectivity index (χ2n) is 6.94. The van der Waals surface area contributed by atoms with E-state index in [2.05, 4.69) is 31.1 Å². The summed E-state index contributed by atoms with van der Waals surface area (Å²) in [6.07, 6.45) is 3.18. The summed E-state index contributed by atoms with van der Waals surface area (Å²) >= 11 is 0.